The molecule has 0 bridgehead atoms. The molecule has 3 heteroatoms. The largest absolute Gasteiger partial charge is 0.348 e. The van der Waals surface area contributed by atoms with Gasteiger partial charge in [0.05, 0.1) is 0 Å². The molecule has 2 aliphatic heterocycles. The number of amides is 1. The highest BCUT2D eigenvalue weighted by molar-refractivity contribution is 5.99. The van der Waals surface area contributed by atoms with Gasteiger partial charge in [0.1, 0.15) is 0 Å². The molecule has 0 aromatic heterocycles. The Morgan fingerprint density at radius 3 is 3.00 bits per heavy atom. The van der Waals surface area contributed by atoms with Crippen LogP contribution in [0.25, 0.3) is 5.57 Å². The first-order valence-electron chi connectivity index (χ1n) is 5.66. The summed E-state index contributed by atoms with van der Waals surface area (Å²) in [5.74, 6) is 0.0615. The highest BCUT2D eigenvalue weighted by Gasteiger charge is 2.19. The van der Waals surface area contributed by atoms with Gasteiger partial charge in [-0.2, -0.15) is 0 Å². The molecule has 16 heavy (non-hydrogen) atoms. The van der Waals surface area contributed by atoms with E-state index < -0.39 is 0 Å². The van der Waals surface area contributed by atoms with E-state index in [2.05, 4.69) is 28.8 Å². The van der Waals surface area contributed by atoms with Crippen molar-refractivity contribution in [1.29, 1.82) is 0 Å². The second-order valence-electron chi connectivity index (χ2n) is 4.24. The Morgan fingerprint density at radius 1 is 1.25 bits per heavy atom. The molecule has 1 amide bonds. The SMILES string of the molecule is O=C1NCc2ccc(C3=CCNCC3)cc21. The van der Waals surface area contributed by atoms with Crippen LogP contribution in [0.4, 0.5) is 0 Å². The fourth-order valence-corrected chi connectivity index (χ4v) is 2.30. The van der Waals surface area contributed by atoms with Gasteiger partial charge in [0.15, 0.2) is 0 Å². The number of benzene rings is 1. The molecule has 2 N–H and O–H groups in total. The van der Waals surface area contributed by atoms with Gasteiger partial charge in [0.25, 0.3) is 5.91 Å². The summed E-state index contributed by atoms with van der Waals surface area (Å²) in [7, 11) is 0. The molecule has 1 aromatic rings. The van der Waals surface area contributed by atoms with Crippen LogP contribution in [-0.2, 0) is 6.54 Å². The first-order valence-corrected chi connectivity index (χ1v) is 5.66. The minimum absolute atomic E-state index is 0.0615. The summed E-state index contributed by atoms with van der Waals surface area (Å²) in [5, 5.41) is 6.13. The normalized spacial score (nSPS) is 19.0. The number of rotatable bonds is 1. The van der Waals surface area contributed by atoms with Crippen LogP contribution in [-0.4, -0.2) is 19.0 Å². The monoisotopic (exact) mass is 214 g/mol. The second kappa shape index (κ2) is 3.76. The zero-order valence-corrected chi connectivity index (χ0v) is 9.05. The minimum Gasteiger partial charge on any atom is -0.348 e. The maximum atomic E-state index is 11.6. The van der Waals surface area contributed by atoms with E-state index in [0.717, 1.165) is 30.6 Å². The van der Waals surface area contributed by atoms with Gasteiger partial charge in [-0.05, 0) is 35.7 Å². The van der Waals surface area contributed by atoms with E-state index in [1.54, 1.807) is 0 Å². The smallest absolute Gasteiger partial charge is 0.251 e. The lowest BCUT2D eigenvalue weighted by Crippen LogP contribution is -2.20. The fraction of sp³-hybridized carbons (Fsp3) is 0.308. The van der Waals surface area contributed by atoms with E-state index in [1.165, 1.54) is 11.1 Å². The van der Waals surface area contributed by atoms with E-state index in [9.17, 15) is 4.79 Å². The molecular formula is C13H14N2O. The molecule has 0 atom stereocenters. The average Bonchev–Trinajstić information content (AvgIpc) is 2.72. The Bertz CT molecular complexity index is 477. The second-order valence-corrected chi connectivity index (χ2v) is 4.24. The quantitative estimate of drug-likeness (QED) is 0.740. The van der Waals surface area contributed by atoms with Crippen molar-refractivity contribution in [2.24, 2.45) is 0 Å². The highest BCUT2D eigenvalue weighted by Crippen LogP contribution is 2.24. The Morgan fingerprint density at radius 2 is 2.19 bits per heavy atom. The Kier molecular flexibility index (Phi) is 2.26. The molecule has 2 heterocycles. The molecule has 2 aliphatic rings. The number of carbonyl (C=O) groups is 1. The van der Waals surface area contributed by atoms with Crippen LogP contribution >= 0.6 is 0 Å². The van der Waals surface area contributed by atoms with Crippen molar-refractivity contribution in [1.82, 2.24) is 10.6 Å². The van der Waals surface area contributed by atoms with Crippen LogP contribution in [0.15, 0.2) is 24.3 Å². The van der Waals surface area contributed by atoms with Crippen LogP contribution in [0.2, 0.25) is 0 Å². The molecule has 3 rings (SSSR count). The summed E-state index contributed by atoms with van der Waals surface area (Å²) in [6.45, 7) is 2.63. The van der Waals surface area contributed by atoms with E-state index in [0.29, 0.717) is 6.54 Å². The van der Waals surface area contributed by atoms with Crippen molar-refractivity contribution in [3.05, 3.63) is 41.0 Å². The molecule has 0 saturated heterocycles. The number of hydrogen-bond donors (Lipinski definition) is 2. The molecule has 3 nitrogen and oxygen atoms in total. The van der Waals surface area contributed by atoms with Gasteiger partial charge in [-0.1, -0.05) is 18.2 Å². The third-order valence-electron chi connectivity index (χ3n) is 3.23. The maximum Gasteiger partial charge on any atom is 0.251 e. The van der Waals surface area contributed by atoms with Crippen molar-refractivity contribution >= 4 is 11.5 Å². The molecule has 0 fully saturated rings. The Labute approximate surface area is 94.5 Å². The summed E-state index contributed by atoms with van der Waals surface area (Å²) in [5.41, 5.74) is 4.50. The first kappa shape index (κ1) is 9.60. The van der Waals surface area contributed by atoms with Gasteiger partial charge in [-0.15, -0.1) is 0 Å². The third-order valence-corrected chi connectivity index (χ3v) is 3.23. The van der Waals surface area contributed by atoms with Gasteiger partial charge < -0.3 is 10.6 Å². The Hall–Kier alpha value is -1.61. The van der Waals surface area contributed by atoms with Gasteiger partial charge in [-0.3, -0.25) is 4.79 Å². The Balaban J connectivity index is 2.00. The van der Waals surface area contributed by atoms with E-state index >= 15 is 0 Å². The van der Waals surface area contributed by atoms with Gasteiger partial charge in [0.2, 0.25) is 0 Å². The fourth-order valence-electron chi connectivity index (χ4n) is 2.30. The zero-order chi connectivity index (χ0) is 11.0. The number of fused-ring (bicyclic) bond motifs is 1. The van der Waals surface area contributed by atoms with Crippen LogP contribution in [0.3, 0.4) is 0 Å². The molecule has 1 aromatic carbocycles. The lowest BCUT2D eigenvalue weighted by molar-refractivity contribution is 0.0965. The summed E-state index contributed by atoms with van der Waals surface area (Å²) in [6.07, 6.45) is 3.25. The summed E-state index contributed by atoms with van der Waals surface area (Å²) in [4.78, 5) is 11.6. The predicted octanol–water partition coefficient (Wildman–Crippen LogP) is 1.31. The third kappa shape index (κ3) is 1.53. The number of nitrogens with one attached hydrogen (secondary N) is 2. The van der Waals surface area contributed by atoms with E-state index in [4.69, 9.17) is 0 Å². The van der Waals surface area contributed by atoms with Gasteiger partial charge in [-0.25, -0.2) is 0 Å². The predicted molar refractivity (Wildman–Crippen MR) is 63.1 cm³/mol. The summed E-state index contributed by atoms with van der Waals surface area (Å²) < 4.78 is 0. The van der Waals surface area contributed by atoms with Crippen molar-refractivity contribution in [3.8, 4) is 0 Å². The lowest BCUT2D eigenvalue weighted by Gasteiger charge is -2.14. The van der Waals surface area contributed by atoms with Crippen molar-refractivity contribution in [2.75, 3.05) is 13.1 Å². The van der Waals surface area contributed by atoms with Crippen LogP contribution in [0.1, 0.15) is 27.9 Å². The van der Waals surface area contributed by atoms with Crippen LogP contribution in [0.5, 0.6) is 0 Å². The first-order chi connectivity index (χ1) is 7.84. The summed E-state index contributed by atoms with van der Waals surface area (Å²) in [6, 6.07) is 6.20. The molecule has 82 valence electrons. The molecular weight excluding hydrogens is 200 g/mol. The molecule has 0 spiro atoms. The highest BCUT2D eigenvalue weighted by atomic mass is 16.1. The topological polar surface area (TPSA) is 41.1 Å². The van der Waals surface area contributed by atoms with E-state index in [1.807, 2.05) is 6.07 Å². The molecule has 0 unspecified atom stereocenters. The zero-order valence-electron chi connectivity index (χ0n) is 9.05. The minimum atomic E-state index is 0.0615. The lowest BCUT2D eigenvalue weighted by atomic mass is 9.97. The standard InChI is InChI=1S/C13H14N2O/c16-13-12-7-10(1-2-11(12)8-15-13)9-3-5-14-6-4-9/h1-3,7,14H,4-6,8H2,(H,15,16). The van der Waals surface area contributed by atoms with Crippen LogP contribution < -0.4 is 10.6 Å². The van der Waals surface area contributed by atoms with E-state index in [-0.39, 0.29) is 5.91 Å². The van der Waals surface area contributed by atoms with Gasteiger partial charge >= 0.3 is 0 Å². The molecule has 0 aliphatic carbocycles. The van der Waals surface area contributed by atoms with Crippen molar-refractivity contribution in [2.45, 2.75) is 13.0 Å². The average molecular weight is 214 g/mol. The van der Waals surface area contributed by atoms with Crippen LogP contribution in [0, 0.1) is 0 Å². The van der Waals surface area contributed by atoms with Crippen molar-refractivity contribution < 1.29 is 4.79 Å². The number of carbonyl (C=O) groups excluding carboxylic acids is 1. The molecule has 0 radical (unpaired) electrons. The van der Waals surface area contributed by atoms with Gasteiger partial charge in [0, 0.05) is 18.7 Å². The maximum absolute atomic E-state index is 11.6. The molecule has 0 saturated carbocycles. The van der Waals surface area contributed by atoms with Crippen molar-refractivity contribution in [3.63, 3.8) is 0 Å². The summed E-state index contributed by atoms with van der Waals surface area (Å²) >= 11 is 0. The number of hydrogen-bond acceptors (Lipinski definition) is 2.